The highest BCUT2D eigenvalue weighted by Crippen LogP contribution is 2.33. The molecule has 0 aliphatic rings. The van der Waals surface area contributed by atoms with E-state index >= 15 is 0 Å². The average molecular weight is 266 g/mol. The van der Waals surface area contributed by atoms with Crippen molar-refractivity contribution in [2.45, 2.75) is 16.5 Å². The smallest absolute Gasteiger partial charge is 0.101 e. The van der Waals surface area contributed by atoms with Gasteiger partial charge in [0.1, 0.15) is 5.03 Å². The van der Waals surface area contributed by atoms with E-state index < -0.39 is 0 Å². The standard InChI is InChI=1S/C16H14N2S/c17-11-12-8-9-15(14-6-2-1-5-13(12)14)19-16-7-3-4-10-18-16/h1-10H,11,17H2. The molecule has 0 radical (unpaired) electrons. The number of benzene rings is 2. The Morgan fingerprint density at radius 1 is 0.895 bits per heavy atom. The first-order chi connectivity index (χ1) is 9.38. The van der Waals surface area contributed by atoms with Crippen LogP contribution >= 0.6 is 11.8 Å². The molecule has 0 unspecified atom stereocenters. The Morgan fingerprint density at radius 3 is 2.42 bits per heavy atom. The van der Waals surface area contributed by atoms with Crippen molar-refractivity contribution in [3.8, 4) is 0 Å². The molecule has 1 aromatic heterocycles. The largest absolute Gasteiger partial charge is 0.326 e. The highest BCUT2D eigenvalue weighted by atomic mass is 32.2. The number of hydrogen-bond acceptors (Lipinski definition) is 3. The fourth-order valence-electron chi connectivity index (χ4n) is 2.12. The van der Waals surface area contributed by atoms with Crippen molar-refractivity contribution in [3.05, 3.63) is 66.4 Å². The van der Waals surface area contributed by atoms with Gasteiger partial charge in [0.05, 0.1) is 0 Å². The van der Waals surface area contributed by atoms with Gasteiger partial charge in [0.25, 0.3) is 0 Å². The first-order valence-corrected chi connectivity index (χ1v) is 7.00. The number of fused-ring (bicyclic) bond motifs is 1. The molecule has 2 N–H and O–H groups in total. The van der Waals surface area contributed by atoms with Crippen molar-refractivity contribution in [3.63, 3.8) is 0 Å². The second-order valence-electron chi connectivity index (χ2n) is 4.24. The van der Waals surface area contributed by atoms with Gasteiger partial charge in [-0.1, -0.05) is 48.2 Å². The van der Waals surface area contributed by atoms with Gasteiger partial charge in [0, 0.05) is 17.6 Å². The van der Waals surface area contributed by atoms with E-state index in [9.17, 15) is 0 Å². The summed E-state index contributed by atoms with van der Waals surface area (Å²) in [5.74, 6) is 0. The maximum atomic E-state index is 5.80. The minimum Gasteiger partial charge on any atom is -0.326 e. The molecular formula is C16H14N2S. The van der Waals surface area contributed by atoms with Gasteiger partial charge in [-0.15, -0.1) is 0 Å². The minimum absolute atomic E-state index is 0.565. The van der Waals surface area contributed by atoms with Crippen LogP contribution in [0, 0.1) is 0 Å². The molecule has 2 aromatic carbocycles. The van der Waals surface area contributed by atoms with E-state index in [1.807, 2.05) is 24.4 Å². The summed E-state index contributed by atoms with van der Waals surface area (Å²) < 4.78 is 0. The molecule has 0 amide bonds. The molecule has 1 heterocycles. The van der Waals surface area contributed by atoms with E-state index in [-0.39, 0.29) is 0 Å². The van der Waals surface area contributed by atoms with Crippen LogP contribution < -0.4 is 5.73 Å². The fraction of sp³-hybridized carbons (Fsp3) is 0.0625. The zero-order valence-corrected chi connectivity index (χ0v) is 11.2. The highest BCUT2D eigenvalue weighted by Gasteiger charge is 2.06. The summed E-state index contributed by atoms with van der Waals surface area (Å²) in [6.07, 6.45) is 1.82. The molecule has 2 nitrogen and oxygen atoms in total. The molecule has 19 heavy (non-hydrogen) atoms. The Kier molecular flexibility index (Phi) is 3.49. The van der Waals surface area contributed by atoms with Crippen LogP contribution in [0.25, 0.3) is 10.8 Å². The van der Waals surface area contributed by atoms with Gasteiger partial charge in [0.15, 0.2) is 0 Å². The van der Waals surface area contributed by atoms with Gasteiger partial charge in [-0.2, -0.15) is 0 Å². The third kappa shape index (κ3) is 2.48. The first kappa shape index (κ1) is 12.2. The van der Waals surface area contributed by atoms with E-state index in [2.05, 4.69) is 41.4 Å². The third-order valence-electron chi connectivity index (χ3n) is 3.05. The normalized spacial score (nSPS) is 10.8. The summed E-state index contributed by atoms with van der Waals surface area (Å²) in [5, 5.41) is 3.47. The van der Waals surface area contributed by atoms with Crippen molar-refractivity contribution in [2.75, 3.05) is 0 Å². The lowest BCUT2D eigenvalue weighted by molar-refractivity contribution is 1.08. The lowest BCUT2D eigenvalue weighted by Crippen LogP contribution is -1.97. The first-order valence-electron chi connectivity index (χ1n) is 6.18. The lowest BCUT2D eigenvalue weighted by atomic mass is 10.0. The molecule has 0 aliphatic carbocycles. The second kappa shape index (κ2) is 5.43. The van der Waals surface area contributed by atoms with Crippen molar-refractivity contribution in [1.29, 1.82) is 0 Å². The van der Waals surface area contributed by atoms with Crippen molar-refractivity contribution in [2.24, 2.45) is 5.73 Å². The molecule has 0 saturated carbocycles. The van der Waals surface area contributed by atoms with Crippen LogP contribution in [-0.4, -0.2) is 4.98 Å². The molecule has 0 aliphatic heterocycles. The third-order valence-corrected chi connectivity index (χ3v) is 4.07. The topological polar surface area (TPSA) is 38.9 Å². The predicted octanol–water partition coefficient (Wildman–Crippen LogP) is 3.84. The van der Waals surface area contributed by atoms with Crippen LogP contribution in [0.2, 0.25) is 0 Å². The Balaban J connectivity index is 2.10. The van der Waals surface area contributed by atoms with Crippen molar-refractivity contribution < 1.29 is 0 Å². The summed E-state index contributed by atoms with van der Waals surface area (Å²) in [5.41, 5.74) is 6.98. The minimum atomic E-state index is 0.565. The summed E-state index contributed by atoms with van der Waals surface area (Å²) in [4.78, 5) is 5.58. The monoisotopic (exact) mass is 266 g/mol. The van der Waals surface area contributed by atoms with Crippen LogP contribution in [0.4, 0.5) is 0 Å². The molecule has 3 rings (SSSR count). The van der Waals surface area contributed by atoms with Gasteiger partial charge in [-0.05, 0) is 34.5 Å². The van der Waals surface area contributed by atoms with Crippen molar-refractivity contribution >= 4 is 22.5 Å². The van der Waals surface area contributed by atoms with Crippen LogP contribution in [0.15, 0.2) is 70.7 Å². The SMILES string of the molecule is NCc1ccc(Sc2ccccn2)c2ccccc12. The molecule has 94 valence electrons. The lowest BCUT2D eigenvalue weighted by Gasteiger charge is -2.09. The van der Waals surface area contributed by atoms with E-state index in [4.69, 9.17) is 5.73 Å². The van der Waals surface area contributed by atoms with Crippen LogP contribution in [-0.2, 0) is 6.54 Å². The Hall–Kier alpha value is -1.84. The summed E-state index contributed by atoms with van der Waals surface area (Å²) in [6.45, 7) is 0.565. The Bertz CT molecular complexity index is 695. The van der Waals surface area contributed by atoms with Gasteiger partial charge in [0.2, 0.25) is 0 Å². The number of pyridine rings is 1. The maximum Gasteiger partial charge on any atom is 0.101 e. The molecular weight excluding hydrogens is 252 g/mol. The van der Waals surface area contributed by atoms with Crippen LogP contribution in [0.3, 0.4) is 0 Å². The zero-order chi connectivity index (χ0) is 13.1. The molecule has 0 fully saturated rings. The molecule has 0 atom stereocenters. The molecule has 3 heteroatoms. The zero-order valence-electron chi connectivity index (χ0n) is 10.4. The quantitative estimate of drug-likeness (QED) is 0.782. The van der Waals surface area contributed by atoms with E-state index in [1.165, 1.54) is 21.2 Å². The summed E-state index contributed by atoms with van der Waals surface area (Å²) in [6, 6.07) is 18.6. The molecule has 0 saturated heterocycles. The predicted molar refractivity (Wildman–Crippen MR) is 80.2 cm³/mol. The average Bonchev–Trinajstić information content (AvgIpc) is 2.49. The van der Waals surface area contributed by atoms with E-state index in [1.54, 1.807) is 11.8 Å². The van der Waals surface area contributed by atoms with Crippen LogP contribution in [0.1, 0.15) is 5.56 Å². The van der Waals surface area contributed by atoms with E-state index in [0.717, 1.165) is 5.03 Å². The van der Waals surface area contributed by atoms with Gasteiger partial charge in [-0.25, -0.2) is 4.98 Å². The number of hydrogen-bond donors (Lipinski definition) is 1. The van der Waals surface area contributed by atoms with Gasteiger partial charge >= 0.3 is 0 Å². The number of nitrogens with two attached hydrogens (primary N) is 1. The van der Waals surface area contributed by atoms with Crippen molar-refractivity contribution in [1.82, 2.24) is 4.98 Å². The second-order valence-corrected chi connectivity index (χ2v) is 5.30. The van der Waals surface area contributed by atoms with Crippen LogP contribution in [0.5, 0.6) is 0 Å². The molecule has 0 spiro atoms. The van der Waals surface area contributed by atoms with E-state index in [0.29, 0.717) is 6.54 Å². The summed E-state index contributed by atoms with van der Waals surface area (Å²) >= 11 is 1.68. The number of aromatic nitrogens is 1. The Labute approximate surface area is 116 Å². The van der Waals surface area contributed by atoms with Gasteiger partial charge < -0.3 is 5.73 Å². The molecule has 3 aromatic rings. The van der Waals surface area contributed by atoms with Gasteiger partial charge in [-0.3, -0.25) is 0 Å². The summed E-state index contributed by atoms with van der Waals surface area (Å²) in [7, 11) is 0. The molecule has 0 bridgehead atoms. The highest BCUT2D eigenvalue weighted by molar-refractivity contribution is 7.99. The fourth-order valence-corrected chi connectivity index (χ4v) is 3.03. The number of rotatable bonds is 3. The Morgan fingerprint density at radius 2 is 1.68 bits per heavy atom. The maximum absolute atomic E-state index is 5.80. The number of nitrogens with zero attached hydrogens (tertiary/aromatic N) is 1.